The lowest BCUT2D eigenvalue weighted by atomic mass is 10.0. The predicted molar refractivity (Wildman–Crippen MR) is 80.2 cm³/mol. The third kappa shape index (κ3) is 3.00. The van der Waals surface area contributed by atoms with Crippen molar-refractivity contribution >= 4 is 17.4 Å². The molecule has 0 aliphatic carbocycles. The molecule has 0 saturated heterocycles. The average Bonchev–Trinajstić information content (AvgIpc) is 2.74. The highest BCUT2D eigenvalue weighted by Gasteiger charge is 2.23. The minimum absolute atomic E-state index is 0.0973. The zero-order valence-corrected chi connectivity index (χ0v) is 13.0. The summed E-state index contributed by atoms with van der Waals surface area (Å²) >= 11 is 6.21. The van der Waals surface area contributed by atoms with Crippen LogP contribution in [0.4, 0.5) is 5.82 Å². The molecule has 6 nitrogen and oxygen atoms in total. The molecule has 0 atom stereocenters. The molecular formula is C14H16ClN3O3. The molecule has 0 spiro atoms. The minimum Gasteiger partial charge on any atom is -0.433 e. The van der Waals surface area contributed by atoms with E-state index in [2.05, 4.69) is 4.98 Å². The van der Waals surface area contributed by atoms with Gasteiger partial charge in [-0.25, -0.2) is 0 Å². The molecule has 0 N–H and O–H groups in total. The predicted octanol–water partition coefficient (Wildman–Crippen LogP) is 4.21. The molecule has 1 aromatic carbocycles. The van der Waals surface area contributed by atoms with Gasteiger partial charge in [0.1, 0.15) is 5.75 Å². The molecule has 0 aliphatic rings. The summed E-state index contributed by atoms with van der Waals surface area (Å²) in [6.07, 6.45) is 1.35. The lowest BCUT2D eigenvalue weighted by Gasteiger charge is -2.14. The number of hydrogen-bond acceptors (Lipinski definition) is 4. The molecule has 2 rings (SSSR count). The summed E-state index contributed by atoms with van der Waals surface area (Å²) in [4.78, 5) is 14.1. The molecule has 1 aromatic heterocycles. The molecule has 0 aliphatic heterocycles. The molecule has 0 saturated carbocycles. The number of nitrogens with zero attached hydrogens (tertiary/aromatic N) is 3. The highest BCUT2D eigenvalue weighted by atomic mass is 35.5. The topological polar surface area (TPSA) is 70.2 Å². The van der Waals surface area contributed by atoms with Gasteiger partial charge in [-0.2, -0.15) is 0 Å². The van der Waals surface area contributed by atoms with E-state index in [9.17, 15) is 10.1 Å². The molecule has 0 unspecified atom stereocenters. The molecule has 0 radical (unpaired) electrons. The highest BCUT2D eigenvalue weighted by molar-refractivity contribution is 6.31. The monoisotopic (exact) mass is 309 g/mol. The highest BCUT2D eigenvalue weighted by Crippen LogP contribution is 2.36. The second-order valence-corrected chi connectivity index (χ2v) is 5.54. The zero-order valence-electron chi connectivity index (χ0n) is 12.3. The van der Waals surface area contributed by atoms with Crippen LogP contribution < -0.4 is 4.74 Å². The van der Waals surface area contributed by atoms with Gasteiger partial charge in [0.2, 0.25) is 6.33 Å². The standard InChI is InChI=1S/C14H16ClN3O3/c1-8(2)10-6-12(9(3)5-11(10)15)21-14-13(18(19)20)16-7-17(14)4/h5-8H,1-4H3. The van der Waals surface area contributed by atoms with Gasteiger partial charge in [-0.05, 0) is 46.0 Å². The van der Waals surface area contributed by atoms with Crippen LogP contribution in [0.2, 0.25) is 5.02 Å². The quantitative estimate of drug-likeness (QED) is 0.626. The Balaban J connectivity index is 2.47. The lowest BCUT2D eigenvalue weighted by molar-refractivity contribution is -0.390. The van der Waals surface area contributed by atoms with E-state index in [0.717, 1.165) is 11.1 Å². The second kappa shape index (κ2) is 5.73. The van der Waals surface area contributed by atoms with Crippen LogP contribution in [0.5, 0.6) is 11.6 Å². The van der Waals surface area contributed by atoms with Crippen molar-refractivity contribution < 1.29 is 9.66 Å². The average molecular weight is 310 g/mol. The number of aryl methyl sites for hydroxylation is 2. The first-order valence-electron chi connectivity index (χ1n) is 6.44. The van der Waals surface area contributed by atoms with E-state index in [-0.39, 0.29) is 17.6 Å². The Morgan fingerprint density at radius 1 is 1.43 bits per heavy atom. The van der Waals surface area contributed by atoms with Gasteiger partial charge in [0.15, 0.2) is 0 Å². The third-order valence-electron chi connectivity index (χ3n) is 3.16. The number of hydrogen-bond donors (Lipinski definition) is 0. The van der Waals surface area contributed by atoms with E-state index in [1.165, 1.54) is 10.9 Å². The Kier molecular flexibility index (Phi) is 4.18. The molecule has 2 aromatic rings. The van der Waals surface area contributed by atoms with Gasteiger partial charge in [0, 0.05) is 12.1 Å². The number of nitro groups is 1. The van der Waals surface area contributed by atoms with Crippen LogP contribution >= 0.6 is 11.6 Å². The normalized spacial score (nSPS) is 11.0. The van der Waals surface area contributed by atoms with E-state index in [1.54, 1.807) is 13.1 Å². The van der Waals surface area contributed by atoms with Crippen LogP contribution in [-0.2, 0) is 7.05 Å². The molecule has 112 valence electrons. The van der Waals surface area contributed by atoms with Crippen molar-refractivity contribution in [3.8, 4) is 11.6 Å². The third-order valence-corrected chi connectivity index (χ3v) is 3.49. The van der Waals surface area contributed by atoms with E-state index < -0.39 is 4.92 Å². The van der Waals surface area contributed by atoms with Gasteiger partial charge < -0.3 is 14.9 Å². The molecule has 1 heterocycles. The summed E-state index contributed by atoms with van der Waals surface area (Å²) in [5, 5.41) is 11.6. The van der Waals surface area contributed by atoms with Crippen LogP contribution in [0.3, 0.4) is 0 Å². The van der Waals surface area contributed by atoms with Crippen molar-refractivity contribution in [2.45, 2.75) is 26.7 Å². The molecule has 0 bridgehead atoms. The molecule has 0 amide bonds. The number of benzene rings is 1. The summed E-state index contributed by atoms with van der Waals surface area (Å²) in [7, 11) is 1.64. The maximum absolute atomic E-state index is 11.0. The Labute approximate surface area is 127 Å². The first-order chi connectivity index (χ1) is 9.81. The van der Waals surface area contributed by atoms with E-state index >= 15 is 0 Å². The SMILES string of the molecule is Cc1cc(Cl)c(C(C)C)cc1Oc1c([N+](=O)[O-])ncn1C. The Morgan fingerprint density at radius 3 is 2.67 bits per heavy atom. The maximum Gasteiger partial charge on any atom is 0.427 e. The summed E-state index contributed by atoms with van der Waals surface area (Å²) in [6.45, 7) is 5.88. The largest absolute Gasteiger partial charge is 0.433 e. The van der Waals surface area contributed by atoms with Crippen molar-refractivity contribution in [2.75, 3.05) is 0 Å². The van der Waals surface area contributed by atoms with E-state index in [4.69, 9.17) is 16.3 Å². The molecule has 0 fully saturated rings. The van der Waals surface area contributed by atoms with Crippen molar-refractivity contribution in [3.63, 3.8) is 0 Å². The Bertz CT molecular complexity index is 695. The smallest absolute Gasteiger partial charge is 0.427 e. The van der Waals surface area contributed by atoms with Gasteiger partial charge in [-0.3, -0.25) is 4.57 Å². The Hall–Kier alpha value is -2.08. The molecular weight excluding hydrogens is 294 g/mol. The van der Waals surface area contributed by atoms with Crippen LogP contribution in [0.15, 0.2) is 18.5 Å². The summed E-state index contributed by atoms with van der Waals surface area (Å²) in [5.41, 5.74) is 1.74. The van der Waals surface area contributed by atoms with Crippen LogP contribution in [-0.4, -0.2) is 14.5 Å². The number of imidazole rings is 1. The summed E-state index contributed by atoms with van der Waals surface area (Å²) < 4.78 is 7.19. The van der Waals surface area contributed by atoms with Crippen molar-refractivity contribution in [3.05, 3.63) is 44.7 Å². The van der Waals surface area contributed by atoms with Crippen LogP contribution in [0, 0.1) is 17.0 Å². The van der Waals surface area contributed by atoms with Crippen molar-refractivity contribution in [1.29, 1.82) is 0 Å². The van der Waals surface area contributed by atoms with Gasteiger partial charge >= 0.3 is 11.7 Å². The molecule has 21 heavy (non-hydrogen) atoms. The van der Waals surface area contributed by atoms with Gasteiger partial charge in [-0.1, -0.05) is 25.4 Å². The summed E-state index contributed by atoms with van der Waals surface area (Å²) in [5.74, 6) is 0.551. The van der Waals surface area contributed by atoms with Crippen LogP contribution in [0.1, 0.15) is 30.9 Å². The second-order valence-electron chi connectivity index (χ2n) is 5.14. The van der Waals surface area contributed by atoms with Gasteiger partial charge in [-0.15, -0.1) is 0 Å². The van der Waals surface area contributed by atoms with Gasteiger partial charge in [0.25, 0.3) is 0 Å². The first kappa shape index (κ1) is 15.3. The molecule has 7 heteroatoms. The first-order valence-corrected chi connectivity index (χ1v) is 6.82. The Morgan fingerprint density at radius 2 is 2.10 bits per heavy atom. The number of rotatable bonds is 4. The number of aromatic nitrogens is 2. The van der Waals surface area contributed by atoms with Gasteiger partial charge in [0.05, 0.1) is 0 Å². The van der Waals surface area contributed by atoms with E-state index in [1.807, 2.05) is 26.8 Å². The fourth-order valence-corrected chi connectivity index (χ4v) is 2.41. The summed E-state index contributed by atoms with van der Waals surface area (Å²) in [6, 6.07) is 3.62. The minimum atomic E-state index is -0.566. The number of ether oxygens (including phenoxy) is 1. The van der Waals surface area contributed by atoms with Crippen LogP contribution in [0.25, 0.3) is 0 Å². The maximum atomic E-state index is 11.0. The zero-order chi connectivity index (χ0) is 15.7. The fraction of sp³-hybridized carbons (Fsp3) is 0.357. The van der Waals surface area contributed by atoms with Crippen molar-refractivity contribution in [2.24, 2.45) is 7.05 Å². The lowest BCUT2D eigenvalue weighted by Crippen LogP contribution is -1.99. The van der Waals surface area contributed by atoms with Crippen molar-refractivity contribution in [1.82, 2.24) is 9.55 Å². The van der Waals surface area contributed by atoms with E-state index in [0.29, 0.717) is 10.8 Å². The number of halogens is 1. The fourth-order valence-electron chi connectivity index (χ4n) is 1.97.